The highest BCUT2D eigenvalue weighted by Crippen LogP contribution is 2.34. The number of hydrogen-bond acceptors (Lipinski definition) is 3. The van der Waals surface area contributed by atoms with Crippen LogP contribution in [0.15, 0.2) is 35.7 Å². The molecule has 0 fully saturated rings. The molecule has 1 aromatic carbocycles. The van der Waals surface area contributed by atoms with E-state index in [1.165, 1.54) is 0 Å². The van der Waals surface area contributed by atoms with Gasteiger partial charge in [0.15, 0.2) is 0 Å². The maximum atomic E-state index is 12.8. The molecule has 1 N–H and O–H groups in total. The van der Waals surface area contributed by atoms with Gasteiger partial charge in [-0.15, -0.1) is 11.3 Å². The lowest BCUT2D eigenvalue weighted by Gasteiger charge is -2.12. The van der Waals surface area contributed by atoms with E-state index >= 15 is 0 Å². The minimum Gasteiger partial charge on any atom is -0.350 e. The predicted octanol–water partition coefficient (Wildman–Crippen LogP) is 6.57. The lowest BCUT2D eigenvalue weighted by atomic mass is 10.2. The van der Waals surface area contributed by atoms with Crippen LogP contribution in [0.5, 0.6) is 0 Å². The van der Waals surface area contributed by atoms with Crippen molar-refractivity contribution in [2.45, 2.75) is 59.5 Å². The molecule has 0 spiro atoms. The third-order valence-electron chi connectivity index (χ3n) is 5.21. The van der Waals surface area contributed by atoms with Crippen molar-refractivity contribution in [3.63, 3.8) is 0 Å². The average Bonchev–Trinajstić information content (AvgIpc) is 3.31. The summed E-state index contributed by atoms with van der Waals surface area (Å²) in [7, 11) is 0. The van der Waals surface area contributed by atoms with Gasteiger partial charge >= 0.3 is 0 Å². The van der Waals surface area contributed by atoms with Crippen LogP contribution < -0.4 is 5.32 Å². The van der Waals surface area contributed by atoms with Crippen LogP contribution in [-0.4, -0.2) is 21.5 Å². The monoisotopic (exact) mass is 429 g/mol. The van der Waals surface area contributed by atoms with Crippen LogP contribution in [0.3, 0.4) is 0 Å². The first kappa shape index (κ1) is 21.6. The van der Waals surface area contributed by atoms with Crippen molar-refractivity contribution in [1.82, 2.24) is 14.9 Å². The van der Waals surface area contributed by atoms with Gasteiger partial charge in [-0.2, -0.15) is 0 Å². The number of nitrogens with zero attached hydrogens (tertiary/aromatic N) is 2. The van der Waals surface area contributed by atoms with E-state index in [1.54, 1.807) is 11.3 Å². The fourth-order valence-corrected chi connectivity index (χ4v) is 4.38. The van der Waals surface area contributed by atoms with Crippen molar-refractivity contribution in [2.75, 3.05) is 0 Å². The third-order valence-corrected chi connectivity index (χ3v) is 6.41. The van der Waals surface area contributed by atoms with Crippen molar-refractivity contribution in [1.29, 1.82) is 0 Å². The number of unbranched alkanes of at least 4 members (excludes halogenated alkanes) is 1. The molecule has 0 radical (unpaired) electrons. The molecule has 2 heterocycles. The van der Waals surface area contributed by atoms with Gasteiger partial charge in [0.1, 0.15) is 5.01 Å². The molecule has 0 saturated carbocycles. The minimum absolute atomic E-state index is 0.0186. The molecule has 3 rings (SSSR count). The smallest absolute Gasteiger partial charge is 0.253 e. The molecule has 4 nitrogen and oxygen atoms in total. The van der Waals surface area contributed by atoms with Gasteiger partial charge in [0.05, 0.1) is 22.0 Å². The van der Waals surface area contributed by atoms with Gasteiger partial charge in [-0.1, -0.05) is 50.1 Å². The van der Waals surface area contributed by atoms with Gasteiger partial charge in [0.25, 0.3) is 5.91 Å². The molecule has 1 amide bonds. The summed E-state index contributed by atoms with van der Waals surface area (Å²) in [6, 6.07) is 9.88. The van der Waals surface area contributed by atoms with Crippen molar-refractivity contribution < 1.29 is 4.79 Å². The zero-order valence-corrected chi connectivity index (χ0v) is 19.0. The Balaban J connectivity index is 2.01. The van der Waals surface area contributed by atoms with E-state index in [-0.39, 0.29) is 11.9 Å². The van der Waals surface area contributed by atoms with Crippen LogP contribution in [-0.2, 0) is 6.54 Å². The summed E-state index contributed by atoms with van der Waals surface area (Å²) >= 11 is 7.93. The molecule has 2 aromatic heterocycles. The normalized spacial score (nSPS) is 12.2. The van der Waals surface area contributed by atoms with Crippen LogP contribution in [0.4, 0.5) is 0 Å². The number of halogens is 1. The van der Waals surface area contributed by atoms with Crippen LogP contribution in [0.1, 0.15) is 56.1 Å². The van der Waals surface area contributed by atoms with Crippen LogP contribution >= 0.6 is 22.9 Å². The van der Waals surface area contributed by atoms with Gasteiger partial charge < -0.3 is 9.88 Å². The first-order chi connectivity index (χ1) is 14.0. The topological polar surface area (TPSA) is 46.9 Å². The number of benzene rings is 1. The quantitative estimate of drug-likeness (QED) is 0.440. The Morgan fingerprint density at radius 1 is 1.31 bits per heavy atom. The first-order valence-electron chi connectivity index (χ1n) is 10.2. The number of thiazole rings is 1. The SMILES string of the molecule is CCCCn1c(-c2csc(-c3ccccc3Cl)n2)cc(C(=O)NC(C)CC)c1C. The first-order valence-corrected chi connectivity index (χ1v) is 11.4. The van der Waals surface area contributed by atoms with E-state index in [0.29, 0.717) is 5.02 Å². The molecule has 0 aliphatic carbocycles. The molecule has 1 unspecified atom stereocenters. The summed E-state index contributed by atoms with van der Waals surface area (Å²) in [5, 5.41) is 6.71. The van der Waals surface area contributed by atoms with Gasteiger partial charge in [-0.25, -0.2) is 4.98 Å². The van der Waals surface area contributed by atoms with Crippen molar-refractivity contribution in [2.24, 2.45) is 0 Å². The van der Waals surface area contributed by atoms with E-state index in [9.17, 15) is 4.79 Å². The summed E-state index contributed by atoms with van der Waals surface area (Å²) in [4.78, 5) is 17.7. The second-order valence-corrected chi connectivity index (χ2v) is 8.60. The zero-order chi connectivity index (χ0) is 21.0. The van der Waals surface area contributed by atoms with E-state index < -0.39 is 0 Å². The Bertz CT molecular complexity index is 992. The lowest BCUT2D eigenvalue weighted by molar-refractivity contribution is 0.0938. The number of rotatable bonds is 8. The largest absolute Gasteiger partial charge is 0.350 e. The van der Waals surface area contributed by atoms with E-state index in [4.69, 9.17) is 16.6 Å². The van der Waals surface area contributed by atoms with Crippen LogP contribution in [0.2, 0.25) is 5.02 Å². The van der Waals surface area contributed by atoms with Gasteiger partial charge in [0.2, 0.25) is 0 Å². The second kappa shape index (κ2) is 9.59. The van der Waals surface area contributed by atoms with Gasteiger partial charge in [-0.05, 0) is 38.8 Å². The van der Waals surface area contributed by atoms with Crippen molar-refractivity contribution in [3.05, 3.63) is 52.0 Å². The Kier molecular flexibility index (Phi) is 7.14. The fourth-order valence-electron chi connectivity index (χ4n) is 3.24. The summed E-state index contributed by atoms with van der Waals surface area (Å²) in [6.45, 7) is 9.16. The average molecular weight is 430 g/mol. The highest BCUT2D eigenvalue weighted by Gasteiger charge is 2.21. The second-order valence-electron chi connectivity index (χ2n) is 7.33. The minimum atomic E-state index is -0.0186. The van der Waals surface area contributed by atoms with Crippen molar-refractivity contribution >= 4 is 28.8 Å². The standard InChI is InChI=1S/C23H28ClN3OS/c1-5-7-12-27-16(4)18(22(28)25-15(3)6-2)13-21(27)20-14-29-23(26-20)17-10-8-9-11-19(17)24/h8-11,13-15H,5-7,12H2,1-4H3,(H,25,28). The maximum absolute atomic E-state index is 12.8. The number of aromatic nitrogens is 2. The molecule has 154 valence electrons. The molecule has 0 bridgehead atoms. The molecule has 0 saturated heterocycles. The van der Waals surface area contributed by atoms with Crippen LogP contribution in [0.25, 0.3) is 22.0 Å². The van der Waals surface area contributed by atoms with Crippen LogP contribution in [0, 0.1) is 6.92 Å². The Hall–Kier alpha value is -2.11. The number of hydrogen-bond donors (Lipinski definition) is 1. The predicted molar refractivity (Wildman–Crippen MR) is 123 cm³/mol. The Morgan fingerprint density at radius 3 is 2.76 bits per heavy atom. The summed E-state index contributed by atoms with van der Waals surface area (Å²) in [5.41, 5.74) is 4.51. The molecular formula is C23H28ClN3OS. The summed E-state index contributed by atoms with van der Waals surface area (Å²) in [5.74, 6) is -0.0186. The number of amides is 1. The molecule has 0 aliphatic rings. The molecular weight excluding hydrogens is 402 g/mol. The fraction of sp³-hybridized carbons (Fsp3) is 0.391. The molecule has 0 aliphatic heterocycles. The number of nitrogens with one attached hydrogen (secondary N) is 1. The molecule has 29 heavy (non-hydrogen) atoms. The van der Waals surface area contributed by atoms with E-state index in [2.05, 4.69) is 23.7 Å². The van der Waals surface area contributed by atoms with Gasteiger partial charge in [0, 0.05) is 29.2 Å². The third kappa shape index (κ3) is 4.73. The highest BCUT2D eigenvalue weighted by atomic mass is 35.5. The van der Waals surface area contributed by atoms with Gasteiger partial charge in [-0.3, -0.25) is 4.79 Å². The summed E-state index contributed by atoms with van der Waals surface area (Å²) < 4.78 is 2.22. The Morgan fingerprint density at radius 2 is 2.07 bits per heavy atom. The van der Waals surface area contributed by atoms with E-state index in [0.717, 1.165) is 59.0 Å². The molecule has 3 aromatic rings. The van der Waals surface area contributed by atoms with Crippen molar-refractivity contribution in [3.8, 4) is 22.0 Å². The molecule has 6 heteroatoms. The highest BCUT2D eigenvalue weighted by molar-refractivity contribution is 7.13. The zero-order valence-electron chi connectivity index (χ0n) is 17.5. The maximum Gasteiger partial charge on any atom is 0.253 e. The number of carbonyl (C=O) groups excluding carboxylic acids is 1. The Labute approximate surface area is 181 Å². The lowest BCUT2D eigenvalue weighted by Crippen LogP contribution is -2.32. The molecule has 1 atom stereocenters. The van der Waals surface area contributed by atoms with E-state index in [1.807, 2.05) is 49.6 Å². The summed E-state index contributed by atoms with van der Waals surface area (Å²) in [6.07, 6.45) is 3.05. The number of carbonyl (C=O) groups is 1.